The average Bonchev–Trinajstić information content (AvgIpc) is 2.28. The summed E-state index contributed by atoms with van der Waals surface area (Å²) in [4.78, 5) is 12.8. The standard InChI is InChI=1S/C12H16N4/c1-8(2)9(3)15-11-5-4-10-12(16-11)14-7-6-13-10/h4-9H,1-3H3,(H,14,15,16). The molecule has 0 amide bonds. The number of rotatable bonds is 3. The van der Waals surface area contributed by atoms with Crippen molar-refractivity contribution < 1.29 is 0 Å². The summed E-state index contributed by atoms with van der Waals surface area (Å²) in [5, 5.41) is 3.35. The van der Waals surface area contributed by atoms with E-state index in [0.717, 1.165) is 11.3 Å². The summed E-state index contributed by atoms with van der Waals surface area (Å²) in [6.45, 7) is 6.50. The zero-order chi connectivity index (χ0) is 11.5. The number of hydrogen-bond acceptors (Lipinski definition) is 4. The molecule has 84 valence electrons. The number of aromatic nitrogens is 3. The Morgan fingerprint density at radius 2 is 1.81 bits per heavy atom. The monoisotopic (exact) mass is 216 g/mol. The van der Waals surface area contributed by atoms with Crippen LogP contribution in [0.25, 0.3) is 11.2 Å². The summed E-state index contributed by atoms with van der Waals surface area (Å²) in [6.07, 6.45) is 3.33. The molecule has 0 aliphatic heterocycles. The minimum absolute atomic E-state index is 0.390. The lowest BCUT2D eigenvalue weighted by Crippen LogP contribution is -2.22. The molecule has 4 heteroatoms. The van der Waals surface area contributed by atoms with E-state index in [2.05, 4.69) is 41.0 Å². The Bertz CT molecular complexity index is 481. The minimum atomic E-state index is 0.390. The summed E-state index contributed by atoms with van der Waals surface area (Å²) in [6, 6.07) is 4.27. The second-order valence-electron chi connectivity index (χ2n) is 4.27. The predicted molar refractivity (Wildman–Crippen MR) is 65.3 cm³/mol. The smallest absolute Gasteiger partial charge is 0.180 e. The number of fused-ring (bicyclic) bond motifs is 1. The Balaban J connectivity index is 2.26. The van der Waals surface area contributed by atoms with E-state index in [0.29, 0.717) is 17.6 Å². The van der Waals surface area contributed by atoms with E-state index in [-0.39, 0.29) is 0 Å². The maximum atomic E-state index is 4.41. The number of nitrogens with zero attached hydrogens (tertiary/aromatic N) is 3. The molecule has 0 bridgehead atoms. The van der Waals surface area contributed by atoms with Gasteiger partial charge in [0, 0.05) is 18.4 Å². The van der Waals surface area contributed by atoms with Crippen molar-refractivity contribution in [1.82, 2.24) is 15.0 Å². The lowest BCUT2D eigenvalue weighted by atomic mass is 10.1. The zero-order valence-electron chi connectivity index (χ0n) is 9.81. The van der Waals surface area contributed by atoms with Gasteiger partial charge in [-0.05, 0) is 25.0 Å². The maximum Gasteiger partial charge on any atom is 0.180 e. The first kappa shape index (κ1) is 10.8. The molecule has 0 spiro atoms. The Morgan fingerprint density at radius 1 is 1.06 bits per heavy atom. The number of hydrogen-bond donors (Lipinski definition) is 1. The average molecular weight is 216 g/mol. The molecule has 1 atom stereocenters. The van der Waals surface area contributed by atoms with Crippen molar-refractivity contribution in [2.75, 3.05) is 5.32 Å². The van der Waals surface area contributed by atoms with Gasteiger partial charge in [0.2, 0.25) is 0 Å². The number of nitrogens with one attached hydrogen (secondary N) is 1. The summed E-state index contributed by atoms with van der Waals surface area (Å²) in [7, 11) is 0. The maximum absolute atomic E-state index is 4.41. The molecule has 2 aromatic heterocycles. The summed E-state index contributed by atoms with van der Waals surface area (Å²) in [5.74, 6) is 1.42. The third kappa shape index (κ3) is 2.27. The van der Waals surface area contributed by atoms with E-state index in [1.165, 1.54) is 0 Å². The molecular weight excluding hydrogens is 200 g/mol. The van der Waals surface area contributed by atoms with Crippen LogP contribution < -0.4 is 5.32 Å². The normalized spacial score (nSPS) is 13.0. The molecule has 2 aromatic rings. The van der Waals surface area contributed by atoms with Crippen molar-refractivity contribution in [2.45, 2.75) is 26.8 Å². The van der Waals surface area contributed by atoms with Crippen LogP contribution in [0.5, 0.6) is 0 Å². The van der Waals surface area contributed by atoms with Gasteiger partial charge < -0.3 is 5.32 Å². The van der Waals surface area contributed by atoms with E-state index in [9.17, 15) is 0 Å². The van der Waals surface area contributed by atoms with Crippen molar-refractivity contribution in [3.8, 4) is 0 Å². The van der Waals surface area contributed by atoms with Gasteiger partial charge in [0.05, 0.1) is 0 Å². The van der Waals surface area contributed by atoms with Crippen LogP contribution in [0.1, 0.15) is 20.8 Å². The Kier molecular flexibility index (Phi) is 2.99. The molecular formula is C12H16N4. The molecule has 2 rings (SSSR count). The van der Waals surface area contributed by atoms with Crippen LogP contribution in [-0.4, -0.2) is 21.0 Å². The molecule has 2 heterocycles. The number of pyridine rings is 1. The van der Waals surface area contributed by atoms with Crippen LogP contribution in [0.4, 0.5) is 5.82 Å². The molecule has 16 heavy (non-hydrogen) atoms. The molecule has 0 aromatic carbocycles. The molecule has 0 aliphatic rings. The van der Waals surface area contributed by atoms with Crippen LogP contribution in [-0.2, 0) is 0 Å². The van der Waals surface area contributed by atoms with Crippen molar-refractivity contribution >= 4 is 17.0 Å². The van der Waals surface area contributed by atoms with Gasteiger partial charge in [-0.2, -0.15) is 0 Å². The SMILES string of the molecule is CC(C)C(C)Nc1ccc2nccnc2n1. The first-order chi connectivity index (χ1) is 7.66. The van der Waals surface area contributed by atoms with Gasteiger partial charge in [0.15, 0.2) is 5.65 Å². The highest BCUT2D eigenvalue weighted by Gasteiger charge is 2.07. The fourth-order valence-electron chi connectivity index (χ4n) is 1.33. The lowest BCUT2D eigenvalue weighted by Gasteiger charge is -2.17. The highest BCUT2D eigenvalue weighted by Crippen LogP contribution is 2.13. The van der Waals surface area contributed by atoms with E-state index in [1.54, 1.807) is 12.4 Å². The summed E-state index contributed by atoms with van der Waals surface area (Å²) < 4.78 is 0. The molecule has 1 N–H and O–H groups in total. The van der Waals surface area contributed by atoms with Gasteiger partial charge in [-0.1, -0.05) is 13.8 Å². The van der Waals surface area contributed by atoms with Crippen LogP contribution in [0.3, 0.4) is 0 Å². The van der Waals surface area contributed by atoms with Gasteiger partial charge in [0.25, 0.3) is 0 Å². The quantitative estimate of drug-likeness (QED) is 0.856. The fourth-order valence-corrected chi connectivity index (χ4v) is 1.33. The van der Waals surface area contributed by atoms with Gasteiger partial charge >= 0.3 is 0 Å². The minimum Gasteiger partial charge on any atom is -0.367 e. The first-order valence-electron chi connectivity index (χ1n) is 5.51. The molecule has 0 fully saturated rings. The second-order valence-corrected chi connectivity index (χ2v) is 4.27. The highest BCUT2D eigenvalue weighted by atomic mass is 15.0. The van der Waals surface area contributed by atoms with E-state index < -0.39 is 0 Å². The Hall–Kier alpha value is -1.71. The van der Waals surface area contributed by atoms with Crippen molar-refractivity contribution in [3.63, 3.8) is 0 Å². The summed E-state index contributed by atoms with van der Waals surface area (Å²) in [5.41, 5.74) is 1.51. The zero-order valence-corrected chi connectivity index (χ0v) is 9.81. The second kappa shape index (κ2) is 4.43. The largest absolute Gasteiger partial charge is 0.367 e. The van der Waals surface area contributed by atoms with Gasteiger partial charge in [-0.3, -0.25) is 4.98 Å². The van der Waals surface area contributed by atoms with Crippen molar-refractivity contribution in [1.29, 1.82) is 0 Å². The van der Waals surface area contributed by atoms with E-state index >= 15 is 0 Å². The van der Waals surface area contributed by atoms with E-state index in [1.807, 2.05) is 12.1 Å². The molecule has 1 unspecified atom stereocenters. The molecule has 0 saturated heterocycles. The van der Waals surface area contributed by atoms with Crippen LogP contribution in [0.2, 0.25) is 0 Å². The predicted octanol–water partition coefficient (Wildman–Crippen LogP) is 2.48. The third-order valence-electron chi connectivity index (χ3n) is 2.71. The Morgan fingerprint density at radius 3 is 2.56 bits per heavy atom. The molecule has 0 radical (unpaired) electrons. The van der Waals surface area contributed by atoms with Gasteiger partial charge in [-0.15, -0.1) is 0 Å². The van der Waals surface area contributed by atoms with Crippen molar-refractivity contribution in [3.05, 3.63) is 24.5 Å². The van der Waals surface area contributed by atoms with Crippen molar-refractivity contribution in [2.24, 2.45) is 5.92 Å². The van der Waals surface area contributed by atoms with Crippen LogP contribution in [0, 0.1) is 5.92 Å². The molecule has 0 aliphatic carbocycles. The molecule has 0 saturated carbocycles. The molecule has 4 nitrogen and oxygen atoms in total. The summed E-state index contributed by atoms with van der Waals surface area (Å²) >= 11 is 0. The van der Waals surface area contributed by atoms with Crippen LogP contribution in [0.15, 0.2) is 24.5 Å². The fraction of sp³-hybridized carbons (Fsp3) is 0.417. The first-order valence-corrected chi connectivity index (χ1v) is 5.51. The Labute approximate surface area is 95.1 Å². The van der Waals surface area contributed by atoms with Gasteiger partial charge in [0.1, 0.15) is 11.3 Å². The highest BCUT2D eigenvalue weighted by molar-refractivity contribution is 5.71. The van der Waals surface area contributed by atoms with Crippen LogP contribution >= 0.6 is 0 Å². The third-order valence-corrected chi connectivity index (χ3v) is 2.71. The van der Waals surface area contributed by atoms with E-state index in [4.69, 9.17) is 0 Å². The topological polar surface area (TPSA) is 50.7 Å². The lowest BCUT2D eigenvalue weighted by molar-refractivity contribution is 0.558. The van der Waals surface area contributed by atoms with Gasteiger partial charge in [-0.25, -0.2) is 9.97 Å². The number of anilines is 1.